The number of carboxylic acid groups (broad SMARTS) is 1. The van der Waals surface area contributed by atoms with Crippen LogP contribution < -0.4 is 11.1 Å². The van der Waals surface area contributed by atoms with E-state index >= 15 is 0 Å². The van der Waals surface area contributed by atoms with E-state index in [0.717, 1.165) is 0 Å². The average molecular weight is 246 g/mol. The summed E-state index contributed by atoms with van der Waals surface area (Å²) in [6.07, 6.45) is 4.34. The highest BCUT2D eigenvalue weighted by atomic mass is 32.2. The molecule has 0 heterocycles. The number of nitrogens with two attached hydrogens (primary N) is 1. The van der Waals surface area contributed by atoms with Gasteiger partial charge in [-0.3, -0.25) is 4.79 Å². The molecule has 0 aliphatic carbocycles. The van der Waals surface area contributed by atoms with Gasteiger partial charge in [-0.2, -0.15) is 11.8 Å². The SMILES string of the molecule is C#CCNC(=O)OCCSC[C@@H](N)C(=O)O. The van der Waals surface area contributed by atoms with Crippen LogP contribution in [-0.4, -0.2) is 47.9 Å². The maximum Gasteiger partial charge on any atom is 0.407 e. The number of aliphatic carboxylic acids is 1. The highest BCUT2D eigenvalue weighted by Gasteiger charge is 2.10. The fourth-order valence-corrected chi connectivity index (χ4v) is 1.41. The summed E-state index contributed by atoms with van der Waals surface area (Å²) in [7, 11) is 0. The van der Waals surface area contributed by atoms with Crippen molar-refractivity contribution < 1.29 is 19.4 Å². The second-order valence-electron chi connectivity index (χ2n) is 2.71. The molecule has 4 N–H and O–H groups in total. The molecule has 1 atom stereocenters. The number of carbonyl (C=O) groups excluding carboxylic acids is 1. The van der Waals surface area contributed by atoms with Gasteiger partial charge in [0, 0.05) is 11.5 Å². The molecule has 0 rings (SSSR count). The zero-order chi connectivity index (χ0) is 12.4. The van der Waals surface area contributed by atoms with E-state index in [1.165, 1.54) is 11.8 Å². The summed E-state index contributed by atoms with van der Waals surface area (Å²) in [5.74, 6) is 1.96. The number of hydrogen-bond donors (Lipinski definition) is 3. The van der Waals surface area contributed by atoms with Crippen LogP contribution in [0.2, 0.25) is 0 Å². The molecule has 7 heteroatoms. The van der Waals surface area contributed by atoms with Crippen LogP contribution in [0.25, 0.3) is 0 Å². The number of rotatable bonds is 7. The normalized spacial score (nSPS) is 11.2. The van der Waals surface area contributed by atoms with Gasteiger partial charge in [-0.15, -0.1) is 6.42 Å². The van der Waals surface area contributed by atoms with Crippen LogP contribution in [0.3, 0.4) is 0 Å². The smallest absolute Gasteiger partial charge is 0.407 e. The van der Waals surface area contributed by atoms with Gasteiger partial charge in [0.15, 0.2) is 0 Å². The summed E-state index contributed by atoms with van der Waals surface area (Å²) in [6, 6.07) is -0.889. The van der Waals surface area contributed by atoms with Crippen molar-refractivity contribution in [3.05, 3.63) is 0 Å². The number of ether oxygens (including phenoxy) is 1. The zero-order valence-electron chi connectivity index (χ0n) is 8.64. The number of alkyl carbamates (subject to hydrolysis) is 1. The third-order valence-electron chi connectivity index (χ3n) is 1.41. The van der Waals surface area contributed by atoms with Gasteiger partial charge in [-0.25, -0.2) is 4.79 Å². The van der Waals surface area contributed by atoms with E-state index in [0.29, 0.717) is 5.75 Å². The Kier molecular flexibility index (Phi) is 8.11. The molecule has 0 aliphatic rings. The van der Waals surface area contributed by atoms with E-state index in [1.807, 2.05) is 0 Å². The molecule has 90 valence electrons. The minimum absolute atomic E-state index is 0.121. The van der Waals surface area contributed by atoms with Gasteiger partial charge >= 0.3 is 12.1 Å². The molecule has 16 heavy (non-hydrogen) atoms. The largest absolute Gasteiger partial charge is 0.480 e. The Morgan fingerprint density at radius 2 is 2.31 bits per heavy atom. The molecule has 6 nitrogen and oxygen atoms in total. The van der Waals surface area contributed by atoms with Gasteiger partial charge in [0.25, 0.3) is 0 Å². The van der Waals surface area contributed by atoms with Crippen molar-refractivity contribution in [1.82, 2.24) is 5.32 Å². The van der Waals surface area contributed by atoms with E-state index in [4.69, 9.17) is 22.0 Å². The first-order valence-corrected chi connectivity index (χ1v) is 5.63. The summed E-state index contributed by atoms with van der Waals surface area (Å²) >= 11 is 1.30. The maximum absolute atomic E-state index is 10.9. The standard InChI is InChI=1S/C9H14N2O4S/c1-2-3-11-9(14)15-4-5-16-6-7(10)8(12)13/h1,7H,3-6,10H2,(H,11,14)(H,12,13)/t7-/m1/s1. The van der Waals surface area contributed by atoms with Crippen LogP contribution in [0.1, 0.15) is 0 Å². The molecule has 0 aliphatic heterocycles. The molecule has 0 saturated carbocycles. The Morgan fingerprint density at radius 3 is 2.88 bits per heavy atom. The molecule has 0 spiro atoms. The number of nitrogens with one attached hydrogen (secondary N) is 1. The molecule has 0 aromatic rings. The van der Waals surface area contributed by atoms with Crippen LogP contribution in [0.4, 0.5) is 4.79 Å². The lowest BCUT2D eigenvalue weighted by Gasteiger charge is -2.06. The van der Waals surface area contributed by atoms with Crippen molar-refractivity contribution in [2.45, 2.75) is 6.04 Å². The van der Waals surface area contributed by atoms with Crippen molar-refractivity contribution in [1.29, 1.82) is 0 Å². The molecule has 0 aromatic heterocycles. The van der Waals surface area contributed by atoms with Crippen molar-refractivity contribution in [3.63, 3.8) is 0 Å². The van der Waals surface area contributed by atoms with Gasteiger partial charge in [0.1, 0.15) is 12.6 Å². The first-order valence-electron chi connectivity index (χ1n) is 4.48. The number of carboxylic acids is 1. The number of carbonyl (C=O) groups is 2. The second-order valence-corrected chi connectivity index (χ2v) is 3.86. The predicted octanol–water partition coefficient (Wildman–Crippen LogP) is -0.509. The zero-order valence-corrected chi connectivity index (χ0v) is 9.46. The first-order chi connectivity index (χ1) is 7.57. The third kappa shape index (κ3) is 7.96. The number of amides is 1. The number of thioether (sulfide) groups is 1. The van der Waals surface area contributed by atoms with E-state index in [1.54, 1.807) is 0 Å². The number of terminal acetylenes is 1. The Bertz CT molecular complexity index is 277. The van der Waals surface area contributed by atoms with Crippen molar-refractivity contribution in [2.75, 3.05) is 24.7 Å². The molecule has 0 saturated heterocycles. The van der Waals surface area contributed by atoms with Gasteiger partial charge in [0.05, 0.1) is 6.54 Å². The molecule has 0 bridgehead atoms. The summed E-state index contributed by atoms with van der Waals surface area (Å²) < 4.78 is 4.73. The van der Waals surface area contributed by atoms with Gasteiger partial charge in [0.2, 0.25) is 0 Å². The van der Waals surface area contributed by atoms with E-state index in [-0.39, 0.29) is 18.9 Å². The topological polar surface area (TPSA) is 102 Å². The van der Waals surface area contributed by atoms with Crippen LogP contribution in [-0.2, 0) is 9.53 Å². The van der Waals surface area contributed by atoms with E-state index < -0.39 is 18.1 Å². The Morgan fingerprint density at radius 1 is 1.62 bits per heavy atom. The molecule has 0 radical (unpaired) electrons. The average Bonchev–Trinajstić information content (AvgIpc) is 2.25. The fourth-order valence-electron chi connectivity index (χ4n) is 0.649. The van der Waals surface area contributed by atoms with Crippen LogP contribution >= 0.6 is 11.8 Å². The predicted molar refractivity (Wildman–Crippen MR) is 61.1 cm³/mol. The van der Waals surface area contributed by atoms with Gasteiger partial charge < -0.3 is 20.9 Å². The molecular formula is C9H14N2O4S. The van der Waals surface area contributed by atoms with Crippen molar-refractivity contribution >= 4 is 23.8 Å². The quantitative estimate of drug-likeness (QED) is 0.413. The number of hydrogen-bond acceptors (Lipinski definition) is 5. The Hall–Kier alpha value is -1.39. The lowest BCUT2D eigenvalue weighted by Crippen LogP contribution is -2.32. The second kappa shape index (κ2) is 8.88. The highest BCUT2D eigenvalue weighted by molar-refractivity contribution is 7.99. The van der Waals surface area contributed by atoms with Crippen LogP contribution in [0.5, 0.6) is 0 Å². The lowest BCUT2D eigenvalue weighted by atomic mass is 10.4. The highest BCUT2D eigenvalue weighted by Crippen LogP contribution is 2.01. The van der Waals surface area contributed by atoms with E-state index in [9.17, 15) is 9.59 Å². The minimum Gasteiger partial charge on any atom is -0.480 e. The Balaban J connectivity index is 3.37. The summed E-state index contributed by atoms with van der Waals surface area (Å²) in [4.78, 5) is 21.2. The fraction of sp³-hybridized carbons (Fsp3) is 0.556. The van der Waals surface area contributed by atoms with Crippen molar-refractivity contribution in [3.8, 4) is 12.3 Å². The van der Waals surface area contributed by atoms with Crippen LogP contribution in [0.15, 0.2) is 0 Å². The molecule has 0 fully saturated rings. The molecule has 0 unspecified atom stereocenters. The van der Waals surface area contributed by atoms with Gasteiger partial charge in [-0.1, -0.05) is 5.92 Å². The Labute approximate surface area is 97.9 Å². The first kappa shape index (κ1) is 14.6. The molecule has 1 amide bonds. The summed E-state index contributed by atoms with van der Waals surface area (Å²) in [5, 5.41) is 10.8. The monoisotopic (exact) mass is 246 g/mol. The third-order valence-corrected chi connectivity index (χ3v) is 2.46. The molecule has 0 aromatic carbocycles. The van der Waals surface area contributed by atoms with Crippen molar-refractivity contribution in [2.24, 2.45) is 5.73 Å². The van der Waals surface area contributed by atoms with Gasteiger partial charge in [-0.05, 0) is 0 Å². The van der Waals surface area contributed by atoms with Crippen LogP contribution in [0, 0.1) is 12.3 Å². The minimum atomic E-state index is -1.04. The molecular weight excluding hydrogens is 232 g/mol. The summed E-state index contributed by atoms with van der Waals surface area (Å²) in [5.41, 5.74) is 5.26. The lowest BCUT2D eigenvalue weighted by molar-refractivity contribution is -0.137. The summed E-state index contributed by atoms with van der Waals surface area (Å²) in [6.45, 7) is 0.309. The maximum atomic E-state index is 10.9. The van der Waals surface area contributed by atoms with E-state index in [2.05, 4.69) is 11.2 Å².